The third-order valence-electron chi connectivity index (χ3n) is 4.47. The maximum Gasteiger partial charge on any atom is 0.128 e. The van der Waals surface area contributed by atoms with E-state index in [9.17, 15) is 0 Å². The molecular weight excluding hydrogens is 250 g/mol. The van der Waals surface area contributed by atoms with E-state index in [2.05, 4.69) is 28.8 Å². The standard InChI is InChI=1S/C16H29N3O/c1-4-10-17-14(16-18-11-12-19(16)2)15(20-3)13-8-6-5-7-9-13/h11-15,17H,4-10H2,1-3H3. The molecule has 0 aromatic carbocycles. The van der Waals surface area contributed by atoms with Crippen LogP contribution < -0.4 is 5.32 Å². The minimum atomic E-state index is 0.197. The zero-order valence-electron chi connectivity index (χ0n) is 13.1. The van der Waals surface area contributed by atoms with Gasteiger partial charge in [0.05, 0.1) is 12.1 Å². The van der Waals surface area contributed by atoms with Crippen molar-refractivity contribution in [3.8, 4) is 0 Å². The third kappa shape index (κ3) is 3.61. The molecule has 1 aromatic heterocycles. The summed E-state index contributed by atoms with van der Waals surface area (Å²) in [5, 5.41) is 3.65. The molecule has 0 bridgehead atoms. The number of rotatable bonds is 7. The number of hydrogen-bond donors (Lipinski definition) is 1. The summed E-state index contributed by atoms with van der Waals surface area (Å²) in [5.41, 5.74) is 0. The Hall–Kier alpha value is -0.870. The van der Waals surface area contributed by atoms with E-state index in [1.165, 1.54) is 32.1 Å². The molecule has 1 N–H and O–H groups in total. The van der Waals surface area contributed by atoms with Gasteiger partial charge in [0.1, 0.15) is 5.82 Å². The highest BCUT2D eigenvalue weighted by Crippen LogP contribution is 2.33. The molecule has 114 valence electrons. The van der Waals surface area contributed by atoms with E-state index in [0.717, 1.165) is 18.8 Å². The van der Waals surface area contributed by atoms with Crippen molar-refractivity contribution in [1.29, 1.82) is 0 Å². The summed E-state index contributed by atoms with van der Waals surface area (Å²) in [6, 6.07) is 0.197. The smallest absolute Gasteiger partial charge is 0.128 e. The van der Waals surface area contributed by atoms with E-state index < -0.39 is 0 Å². The lowest BCUT2D eigenvalue weighted by molar-refractivity contribution is 0.00475. The van der Waals surface area contributed by atoms with Gasteiger partial charge in [0, 0.05) is 26.6 Å². The lowest BCUT2D eigenvalue weighted by Gasteiger charge is -2.35. The number of methoxy groups -OCH3 is 1. The molecule has 2 atom stereocenters. The van der Waals surface area contributed by atoms with Crippen molar-refractivity contribution < 1.29 is 4.74 Å². The van der Waals surface area contributed by atoms with Crippen LogP contribution in [0.3, 0.4) is 0 Å². The number of aromatic nitrogens is 2. The average molecular weight is 279 g/mol. The molecule has 0 saturated heterocycles. The predicted octanol–water partition coefficient (Wildman–Crippen LogP) is 3.06. The Bertz CT molecular complexity index is 385. The molecule has 20 heavy (non-hydrogen) atoms. The van der Waals surface area contributed by atoms with Crippen molar-refractivity contribution in [3.63, 3.8) is 0 Å². The Morgan fingerprint density at radius 3 is 2.70 bits per heavy atom. The van der Waals surface area contributed by atoms with Crippen molar-refractivity contribution in [2.75, 3.05) is 13.7 Å². The van der Waals surface area contributed by atoms with Crippen molar-refractivity contribution in [3.05, 3.63) is 18.2 Å². The quantitative estimate of drug-likeness (QED) is 0.834. The molecule has 1 aromatic rings. The summed E-state index contributed by atoms with van der Waals surface area (Å²) in [6.45, 7) is 3.20. The number of nitrogens with one attached hydrogen (secondary N) is 1. The summed E-state index contributed by atoms with van der Waals surface area (Å²) >= 11 is 0. The first-order chi connectivity index (χ1) is 9.77. The summed E-state index contributed by atoms with van der Waals surface area (Å²) in [5.74, 6) is 1.75. The molecule has 4 heteroatoms. The maximum absolute atomic E-state index is 5.91. The molecule has 1 fully saturated rings. The summed E-state index contributed by atoms with van der Waals surface area (Å²) in [6.07, 6.45) is 11.9. The van der Waals surface area contributed by atoms with Gasteiger partial charge in [-0.05, 0) is 31.7 Å². The van der Waals surface area contributed by atoms with Crippen LogP contribution in [0.4, 0.5) is 0 Å². The Labute approximate surface area is 122 Å². The van der Waals surface area contributed by atoms with Gasteiger partial charge in [0.2, 0.25) is 0 Å². The molecule has 0 radical (unpaired) electrons. The van der Waals surface area contributed by atoms with E-state index in [0.29, 0.717) is 5.92 Å². The van der Waals surface area contributed by atoms with Crippen LogP contribution >= 0.6 is 0 Å². The monoisotopic (exact) mass is 279 g/mol. The molecule has 1 heterocycles. The second-order valence-corrected chi connectivity index (χ2v) is 5.93. The number of nitrogens with zero attached hydrogens (tertiary/aromatic N) is 2. The SMILES string of the molecule is CCCNC(c1nccn1C)C(OC)C1CCCCC1. The second kappa shape index (κ2) is 7.79. The van der Waals surface area contributed by atoms with Crippen LogP contribution in [0.5, 0.6) is 0 Å². The predicted molar refractivity (Wildman–Crippen MR) is 81.6 cm³/mol. The largest absolute Gasteiger partial charge is 0.379 e. The first-order valence-electron chi connectivity index (χ1n) is 8.01. The second-order valence-electron chi connectivity index (χ2n) is 5.93. The molecule has 0 aliphatic heterocycles. The highest BCUT2D eigenvalue weighted by molar-refractivity contribution is 5.03. The topological polar surface area (TPSA) is 39.1 Å². The normalized spacial score (nSPS) is 19.9. The summed E-state index contributed by atoms with van der Waals surface area (Å²) in [7, 11) is 3.92. The van der Waals surface area contributed by atoms with Gasteiger partial charge in [-0.3, -0.25) is 0 Å². The highest BCUT2D eigenvalue weighted by atomic mass is 16.5. The van der Waals surface area contributed by atoms with E-state index in [1.54, 1.807) is 0 Å². The van der Waals surface area contributed by atoms with Crippen LogP contribution in [0.2, 0.25) is 0 Å². The van der Waals surface area contributed by atoms with Crippen LogP contribution in [0.25, 0.3) is 0 Å². The Balaban J connectivity index is 2.16. The molecule has 4 nitrogen and oxygen atoms in total. The fourth-order valence-electron chi connectivity index (χ4n) is 3.39. The lowest BCUT2D eigenvalue weighted by Crippen LogP contribution is -2.40. The van der Waals surface area contributed by atoms with Crippen molar-refractivity contribution >= 4 is 0 Å². The van der Waals surface area contributed by atoms with Crippen LogP contribution in [0.1, 0.15) is 57.3 Å². The van der Waals surface area contributed by atoms with E-state index in [4.69, 9.17) is 4.74 Å². The summed E-state index contributed by atoms with van der Waals surface area (Å²) < 4.78 is 8.03. The number of aryl methyl sites for hydroxylation is 1. The first-order valence-corrected chi connectivity index (χ1v) is 8.01. The van der Waals surface area contributed by atoms with Crippen molar-refractivity contribution in [2.45, 2.75) is 57.6 Å². The van der Waals surface area contributed by atoms with Gasteiger partial charge in [0.15, 0.2) is 0 Å². The van der Waals surface area contributed by atoms with Gasteiger partial charge in [-0.15, -0.1) is 0 Å². The lowest BCUT2D eigenvalue weighted by atomic mass is 9.82. The van der Waals surface area contributed by atoms with Gasteiger partial charge in [0.25, 0.3) is 0 Å². The first kappa shape index (κ1) is 15.5. The van der Waals surface area contributed by atoms with Crippen LogP contribution in [-0.2, 0) is 11.8 Å². The average Bonchev–Trinajstić information content (AvgIpc) is 2.90. The Morgan fingerprint density at radius 1 is 1.40 bits per heavy atom. The maximum atomic E-state index is 5.91. The van der Waals surface area contributed by atoms with Crippen LogP contribution in [0.15, 0.2) is 12.4 Å². The zero-order valence-corrected chi connectivity index (χ0v) is 13.1. The van der Waals surface area contributed by atoms with E-state index in [-0.39, 0.29) is 12.1 Å². The minimum absolute atomic E-state index is 0.197. The van der Waals surface area contributed by atoms with Gasteiger partial charge < -0.3 is 14.6 Å². The Kier molecular flexibility index (Phi) is 6.05. The van der Waals surface area contributed by atoms with E-state index >= 15 is 0 Å². The molecule has 2 unspecified atom stereocenters. The van der Waals surface area contributed by atoms with Crippen molar-refractivity contribution in [2.24, 2.45) is 13.0 Å². The molecule has 2 rings (SSSR count). The van der Waals surface area contributed by atoms with Gasteiger partial charge in [-0.1, -0.05) is 26.2 Å². The number of imidazole rings is 1. The van der Waals surface area contributed by atoms with Gasteiger partial charge in [-0.2, -0.15) is 0 Å². The summed E-state index contributed by atoms with van der Waals surface area (Å²) in [4.78, 5) is 4.55. The molecular formula is C16H29N3O. The fraction of sp³-hybridized carbons (Fsp3) is 0.812. The van der Waals surface area contributed by atoms with Crippen molar-refractivity contribution in [1.82, 2.24) is 14.9 Å². The minimum Gasteiger partial charge on any atom is -0.379 e. The molecule has 0 spiro atoms. The fourth-order valence-corrected chi connectivity index (χ4v) is 3.39. The molecule has 1 saturated carbocycles. The van der Waals surface area contributed by atoms with Crippen LogP contribution in [-0.4, -0.2) is 29.3 Å². The van der Waals surface area contributed by atoms with Gasteiger partial charge in [-0.25, -0.2) is 4.98 Å². The van der Waals surface area contributed by atoms with Crippen LogP contribution in [0, 0.1) is 5.92 Å². The molecule has 1 aliphatic rings. The highest BCUT2D eigenvalue weighted by Gasteiger charge is 2.33. The van der Waals surface area contributed by atoms with E-state index in [1.807, 2.05) is 19.5 Å². The van der Waals surface area contributed by atoms with Gasteiger partial charge >= 0.3 is 0 Å². The molecule has 1 aliphatic carbocycles. The zero-order chi connectivity index (χ0) is 14.4. The Morgan fingerprint density at radius 2 is 2.15 bits per heavy atom. The molecule has 0 amide bonds. The third-order valence-corrected chi connectivity index (χ3v) is 4.47. The number of ether oxygens (including phenoxy) is 1. The number of hydrogen-bond acceptors (Lipinski definition) is 3.